The fraction of sp³-hybridized carbons (Fsp3) is 0.174. The maximum absolute atomic E-state index is 13.0. The van der Waals surface area contributed by atoms with Gasteiger partial charge in [-0.25, -0.2) is 0 Å². The molecule has 3 aromatic carbocycles. The average molecular weight is 377 g/mol. The first kappa shape index (κ1) is 19.3. The van der Waals surface area contributed by atoms with E-state index in [0.29, 0.717) is 11.3 Å². The van der Waals surface area contributed by atoms with E-state index in [1.807, 2.05) is 60.7 Å². The van der Waals surface area contributed by atoms with Crippen LogP contribution in [-0.4, -0.2) is 27.2 Å². The zero-order valence-corrected chi connectivity index (χ0v) is 16.1. The van der Waals surface area contributed by atoms with Gasteiger partial charge in [0, 0.05) is 0 Å². The predicted octanol–water partition coefficient (Wildman–Crippen LogP) is 4.23. The lowest BCUT2D eigenvalue weighted by atomic mass is 9.98. The van der Waals surface area contributed by atoms with Crippen LogP contribution in [0.25, 0.3) is 0 Å². The highest BCUT2D eigenvalue weighted by Gasteiger charge is 2.20. The van der Waals surface area contributed by atoms with Gasteiger partial charge in [0.25, 0.3) is 5.91 Å². The number of carbonyl (C=O) groups excluding carboxylic acids is 1. The van der Waals surface area contributed by atoms with E-state index in [1.54, 1.807) is 33.5 Å². The fourth-order valence-corrected chi connectivity index (χ4v) is 2.99. The first-order chi connectivity index (χ1) is 13.7. The lowest BCUT2D eigenvalue weighted by molar-refractivity contribution is 0.0940. The van der Waals surface area contributed by atoms with E-state index in [1.165, 1.54) is 0 Å². The van der Waals surface area contributed by atoms with Crippen LogP contribution >= 0.6 is 0 Å². The first-order valence-electron chi connectivity index (χ1n) is 8.88. The summed E-state index contributed by atoms with van der Waals surface area (Å²) < 4.78 is 15.8. The van der Waals surface area contributed by atoms with E-state index in [9.17, 15) is 4.79 Å². The molecule has 1 amide bonds. The summed E-state index contributed by atoms with van der Waals surface area (Å²) in [5.74, 6) is 1.83. The molecule has 0 spiro atoms. The third-order valence-electron chi connectivity index (χ3n) is 4.53. The van der Waals surface area contributed by atoms with Crippen molar-refractivity contribution in [2.45, 2.75) is 6.04 Å². The molecule has 0 aliphatic carbocycles. The smallest absolute Gasteiger partial charge is 0.255 e. The van der Waals surface area contributed by atoms with Crippen molar-refractivity contribution in [3.05, 3.63) is 89.5 Å². The van der Waals surface area contributed by atoms with E-state index in [2.05, 4.69) is 5.32 Å². The van der Waals surface area contributed by atoms with Crippen LogP contribution in [0.3, 0.4) is 0 Å². The maximum atomic E-state index is 13.0. The molecule has 0 aliphatic rings. The summed E-state index contributed by atoms with van der Waals surface area (Å²) in [4.78, 5) is 13.0. The summed E-state index contributed by atoms with van der Waals surface area (Å²) in [6, 6.07) is 22.1. The minimum absolute atomic E-state index is 0.214. The molecule has 0 heterocycles. The van der Waals surface area contributed by atoms with Gasteiger partial charge < -0.3 is 19.5 Å². The zero-order chi connectivity index (χ0) is 19.9. The Morgan fingerprint density at radius 2 is 1.21 bits per heavy atom. The second kappa shape index (κ2) is 8.95. The normalized spacial score (nSPS) is 10.4. The molecule has 3 aromatic rings. The Morgan fingerprint density at radius 3 is 1.68 bits per heavy atom. The molecule has 0 saturated heterocycles. The molecule has 0 aliphatic heterocycles. The van der Waals surface area contributed by atoms with Gasteiger partial charge >= 0.3 is 0 Å². The fourth-order valence-electron chi connectivity index (χ4n) is 2.99. The molecule has 144 valence electrons. The van der Waals surface area contributed by atoms with Crippen molar-refractivity contribution in [3.8, 4) is 17.2 Å². The molecule has 0 unspecified atom stereocenters. The van der Waals surface area contributed by atoms with Crippen molar-refractivity contribution in [3.63, 3.8) is 0 Å². The van der Waals surface area contributed by atoms with Crippen LogP contribution in [0.5, 0.6) is 17.2 Å². The minimum atomic E-state index is -0.339. The number of carbonyl (C=O) groups is 1. The van der Waals surface area contributed by atoms with Gasteiger partial charge in [-0.3, -0.25) is 4.79 Å². The van der Waals surface area contributed by atoms with Crippen molar-refractivity contribution >= 4 is 5.91 Å². The molecule has 5 heteroatoms. The van der Waals surface area contributed by atoms with Gasteiger partial charge in [-0.2, -0.15) is 0 Å². The molecule has 0 fully saturated rings. The van der Waals surface area contributed by atoms with Crippen LogP contribution < -0.4 is 19.5 Å². The zero-order valence-electron chi connectivity index (χ0n) is 16.1. The highest BCUT2D eigenvalue weighted by molar-refractivity contribution is 5.97. The predicted molar refractivity (Wildman–Crippen MR) is 108 cm³/mol. The van der Waals surface area contributed by atoms with Crippen molar-refractivity contribution < 1.29 is 19.0 Å². The third-order valence-corrected chi connectivity index (χ3v) is 4.53. The van der Waals surface area contributed by atoms with E-state index < -0.39 is 0 Å². The Balaban J connectivity index is 1.96. The maximum Gasteiger partial charge on any atom is 0.255 e. The lowest BCUT2D eigenvalue weighted by Crippen LogP contribution is -2.29. The Hall–Kier alpha value is -3.47. The highest BCUT2D eigenvalue weighted by atomic mass is 16.5. The summed E-state index contributed by atoms with van der Waals surface area (Å²) >= 11 is 0. The van der Waals surface area contributed by atoms with E-state index >= 15 is 0 Å². The van der Waals surface area contributed by atoms with Crippen molar-refractivity contribution in [1.82, 2.24) is 5.32 Å². The van der Waals surface area contributed by atoms with Crippen LogP contribution in [-0.2, 0) is 0 Å². The van der Waals surface area contributed by atoms with Gasteiger partial charge in [0.15, 0.2) is 0 Å². The van der Waals surface area contributed by atoms with Crippen molar-refractivity contribution in [2.24, 2.45) is 0 Å². The number of rotatable bonds is 7. The standard InChI is InChI=1S/C23H23NO4/c1-26-18-12-8-16(9-13-18)22(17-10-14-19(27-2)15-11-17)24-23(25)20-6-4-5-7-21(20)28-3/h4-15,22H,1-3H3,(H,24,25). The van der Waals surface area contributed by atoms with Gasteiger partial charge in [0.05, 0.1) is 32.9 Å². The Kier molecular flexibility index (Phi) is 6.17. The Bertz CT molecular complexity index is 873. The van der Waals surface area contributed by atoms with E-state index in [0.717, 1.165) is 22.6 Å². The van der Waals surface area contributed by atoms with Crippen LogP contribution in [0.4, 0.5) is 0 Å². The third kappa shape index (κ3) is 4.26. The molecule has 0 saturated carbocycles. The number of hydrogen-bond acceptors (Lipinski definition) is 4. The molecule has 0 radical (unpaired) electrons. The Labute approximate surface area is 164 Å². The molecule has 1 N–H and O–H groups in total. The van der Waals surface area contributed by atoms with Gasteiger partial charge in [0.1, 0.15) is 17.2 Å². The number of hydrogen-bond donors (Lipinski definition) is 1. The van der Waals surface area contributed by atoms with E-state index in [4.69, 9.17) is 14.2 Å². The highest BCUT2D eigenvalue weighted by Crippen LogP contribution is 2.27. The average Bonchev–Trinajstić information content (AvgIpc) is 2.77. The summed E-state index contributed by atoms with van der Waals surface area (Å²) in [5.41, 5.74) is 2.36. The van der Waals surface area contributed by atoms with E-state index in [-0.39, 0.29) is 11.9 Å². The number of benzene rings is 3. The molecule has 5 nitrogen and oxygen atoms in total. The lowest BCUT2D eigenvalue weighted by Gasteiger charge is -2.21. The summed E-state index contributed by atoms with van der Waals surface area (Å²) in [7, 11) is 4.80. The molecule has 28 heavy (non-hydrogen) atoms. The second-order valence-electron chi connectivity index (χ2n) is 6.15. The number of nitrogens with one attached hydrogen (secondary N) is 1. The molecular weight excluding hydrogens is 354 g/mol. The van der Waals surface area contributed by atoms with Crippen LogP contribution in [0.15, 0.2) is 72.8 Å². The number of para-hydroxylation sites is 1. The summed E-state index contributed by atoms with van der Waals surface area (Å²) in [6.07, 6.45) is 0. The quantitative estimate of drug-likeness (QED) is 0.669. The van der Waals surface area contributed by atoms with Crippen LogP contribution in [0, 0.1) is 0 Å². The Morgan fingerprint density at radius 1 is 0.714 bits per heavy atom. The first-order valence-corrected chi connectivity index (χ1v) is 8.88. The molecule has 0 bridgehead atoms. The number of amides is 1. The molecular formula is C23H23NO4. The summed E-state index contributed by atoms with van der Waals surface area (Å²) in [6.45, 7) is 0. The number of methoxy groups -OCH3 is 3. The van der Waals surface area contributed by atoms with Gasteiger partial charge in [-0.1, -0.05) is 36.4 Å². The minimum Gasteiger partial charge on any atom is -0.497 e. The van der Waals surface area contributed by atoms with Gasteiger partial charge in [0.2, 0.25) is 0 Å². The largest absolute Gasteiger partial charge is 0.497 e. The molecule has 0 atom stereocenters. The summed E-state index contributed by atoms with van der Waals surface area (Å²) in [5, 5.41) is 3.11. The van der Waals surface area contributed by atoms with Gasteiger partial charge in [-0.05, 0) is 47.5 Å². The van der Waals surface area contributed by atoms with Crippen molar-refractivity contribution in [2.75, 3.05) is 21.3 Å². The SMILES string of the molecule is COc1ccc(C(NC(=O)c2ccccc2OC)c2ccc(OC)cc2)cc1. The topological polar surface area (TPSA) is 56.8 Å². The molecule has 3 rings (SSSR count). The van der Waals surface area contributed by atoms with Crippen molar-refractivity contribution in [1.29, 1.82) is 0 Å². The van der Waals surface area contributed by atoms with Crippen LogP contribution in [0.2, 0.25) is 0 Å². The molecule has 0 aromatic heterocycles. The van der Waals surface area contributed by atoms with Gasteiger partial charge in [-0.15, -0.1) is 0 Å². The van der Waals surface area contributed by atoms with Crippen LogP contribution in [0.1, 0.15) is 27.5 Å². The monoisotopic (exact) mass is 377 g/mol. The number of ether oxygens (including phenoxy) is 3. The second-order valence-corrected chi connectivity index (χ2v) is 6.15.